The number of carbonyl (C=O) groups is 1. The molecule has 2 saturated heterocycles. The minimum absolute atomic E-state index is 0.123. The van der Waals surface area contributed by atoms with Gasteiger partial charge in [0, 0.05) is 45.4 Å². The summed E-state index contributed by atoms with van der Waals surface area (Å²) in [6.07, 6.45) is 1.84. The molecular weight excluding hydrogens is 288 g/mol. The topological polar surface area (TPSA) is 70.8 Å². The van der Waals surface area contributed by atoms with Gasteiger partial charge in [-0.05, 0) is 19.8 Å². The highest BCUT2D eigenvalue weighted by Gasteiger charge is 2.24. The monoisotopic (exact) mass is 314 g/mol. The lowest BCUT2D eigenvalue weighted by molar-refractivity contribution is -0.124. The molecule has 1 amide bonds. The molecule has 1 unspecified atom stereocenters. The van der Waals surface area contributed by atoms with Gasteiger partial charge in [0.15, 0.2) is 0 Å². The second-order valence-corrected chi connectivity index (χ2v) is 6.32. The molecule has 2 aliphatic rings. The Labute approximate surface area is 132 Å². The molecule has 0 saturated carbocycles. The summed E-state index contributed by atoms with van der Waals surface area (Å²) >= 11 is 5.04. The minimum atomic E-state index is 0.123. The van der Waals surface area contributed by atoms with Crippen molar-refractivity contribution in [1.82, 2.24) is 15.1 Å². The van der Waals surface area contributed by atoms with E-state index in [1.165, 1.54) is 0 Å². The van der Waals surface area contributed by atoms with E-state index in [4.69, 9.17) is 22.7 Å². The van der Waals surface area contributed by atoms with Crippen LogP contribution < -0.4 is 11.1 Å². The Balaban J connectivity index is 1.68. The van der Waals surface area contributed by atoms with Crippen LogP contribution in [0, 0.1) is 0 Å². The molecule has 0 aliphatic carbocycles. The predicted octanol–water partition coefficient (Wildman–Crippen LogP) is -0.426. The van der Waals surface area contributed by atoms with E-state index in [1.807, 2.05) is 6.92 Å². The maximum atomic E-state index is 12.1. The fourth-order valence-corrected chi connectivity index (χ4v) is 2.96. The molecule has 2 aliphatic heterocycles. The number of nitrogens with two attached hydrogens (primary N) is 1. The fourth-order valence-electron chi connectivity index (χ4n) is 2.81. The number of carbonyl (C=O) groups excluding carboxylic acids is 1. The molecule has 2 heterocycles. The number of nitrogens with zero attached hydrogens (tertiary/aromatic N) is 2. The van der Waals surface area contributed by atoms with Crippen molar-refractivity contribution in [2.24, 2.45) is 5.73 Å². The standard InChI is InChI=1S/C14H26N4O2S/c1-11(14(15)21)18-6-4-17(5-7-18)10-13(19)16-12-2-8-20-9-3-12/h11-12H,2-10H2,1H3,(H2,15,21)(H,16,19). The van der Waals surface area contributed by atoms with Crippen molar-refractivity contribution in [3.05, 3.63) is 0 Å². The third-order valence-corrected chi connectivity index (χ3v) is 4.66. The van der Waals surface area contributed by atoms with Crippen LogP contribution in [-0.2, 0) is 9.53 Å². The van der Waals surface area contributed by atoms with Gasteiger partial charge in [0.1, 0.15) is 0 Å². The predicted molar refractivity (Wildman–Crippen MR) is 86.2 cm³/mol. The highest BCUT2D eigenvalue weighted by atomic mass is 32.1. The summed E-state index contributed by atoms with van der Waals surface area (Å²) in [6, 6.07) is 0.417. The zero-order chi connectivity index (χ0) is 15.2. The molecule has 6 nitrogen and oxygen atoms in total. The number of rotatable bonds is 5. The van der Waals surface area contributed by atoms with Crippen LogP contribution >= 0.6 is 12.2 Å². The first-order valence-electron chi connectivity index (χ1n) is 7.69. The van der Waals surface area contributed by atoms with Crippen molar-refractivity contribution >= 4 is 23.1 Å². The Morgan fingerprint density at radius 2 is 1.95 bits per heavy atom. The van der Waals surface area contributed by atoms with Crippen molar-refractivity contribution in [1.29, 1.82) is 0 Å². The van der Waals surface area contributed by atoms with Gasteiger partial charge in [-0.2, -0.15) is 0 Å². The molecule has 1 atom stereocenters. The van der Waals surface area contributed by atoms with E-state index < -0.39 is 0 Å². The number of piperazine rings is 1. The van der Waals surface area contributed by atoms with Gasteiger partial charge in [-0.3, -0.25) is 14.6 Å². The Morgan fingerprint density at radius 3 is 2.52 bits per heavy atom. The summed E-state index contributed by atoms with van der Waals surface area (Å²) in [7, 11) is 0. The third-order valence-electron chi connectivity index (χ3n) is 4.32. The molecule has 2 fully saturated rings. The average molecular weight is 314 g/mol. The van der Waals surface area contributed by atoms with Crippen LogP contribution in [0.5, 0.6) is 0 Å². The molecule has 2 rings (SSSR count). The van der Waals surface area contributed by atoms with Gasteiger partial charge < -0.3 is 15.8 Å². The van der Waals surface area contributed by atoms with Crippen molar-refractivity contribution in [3.63, 3.8) is 0 Å². The van der Waals surface area contributed by atoms with E-state index in [2.05, 4.69) is 15.1 Å². The summed E-state index contributed by atoms with van der Waals surface area (Å²) in [5.74, 6) is 0.123. The molecule has 7 heteroatoms. The molecule has 0 aromatic carbocycles. The van der Waals surface area contributed by atoms with Crippen molar-refractivity contribution in [2.45, 2.75) is 31.8 Å². The first kappa shape index (κ1) is 16.6. The minimum Gasteiger partial charge on any atom is -0.392 e. The highest BCUT2D eigenvalue weighted by molar-refractivity contribution is 7.80. The molecule has 0 spiro atoms. The van der Waals surface area contributed by atoms with Gasteiger partial charge in [-0.15, -0.1) is 0 Å². The molecular formula is C14H26N4O2S. The van der Waals surface area contributed by atoms with E-state index in [0.717, 1.165) is 52.2 Å². The maximum absolute atomic E-state index is 12.1. The summed E-state index contributed by atoms with van der Waals surface area (Å²) in [6.45, 7) is 7.60. The molecule has 0 aromatic heterocycles. The SMILES string of the molecule is CC(C(N)=S)N1CCN(CC(=O)NC2CCOCC2)CC1. The number of ether oxygens (including phenoxy) is 1. The van der Waals surface area contributed by atoms with Gasteiger partial charge in [-0.25, -0.2) is 0 Å². The lowest BCUT2D eigenvalue weighted by atomic mass is 10.1. The number of nitrogens with one attached hydrogen (secondary N) is 1. The van der Waals surface area contributed by atoms with E-state index in [9.17, 15) is 4.79 Å². The van der Waals surface area contributed by atoms with Crippen LogP contribution in [0.1, 0.15) is 19.8 Å². The van der Waals surface area contributed by atoms with Gasteiger partial charge >= 0.3 is 0 Å². The maximum Gasteiger partial charge on any atom is 0.234 e. The third kappa shape index (κ3) is 5.18. The van der Waals surface area contributed by atoms with Gasteiger partial charge in [-0.1, -0.05) is 12.2 Å². The highest BCUT2D eigenvalue weighted by Crippen LogP contribution is 2.08. The summed E-state index contributed by atoms with van der Waals surface area (Å²) in [5.41, 5.74) is 5.69. The van der Waals surface area contributed by atoms with Crippen LogP contribution in [0.15, 0.2) is 0 Å². The number of hydrogen-bond donors (Lipinski definition) is 2. The molecule has 3 N–H and O–H groups in total. The van der Waals surface area contributed by atoms with E-state index in [-0.39, 0.29) is 18.0 Å². The van der Waals surface area contributed by atoms with Gasteiger partial charge in [0.25, 0.3) is 0 Å². The van der Waals surface area contributed by atoms with Crippen LogP contribution in [0.2, 0.25) is 0 Å². The Hall–Kier alpha value is -0.760. The molecule has 120 valence electrons. The van der Waals surface area contributed by atoms with Crippen molar-refractivity contribution < 1.29 is 9.53 Å². The summed E-state index contributed by atoms with van der Waals surface area (Å²) in [5, 5.41) is 3.10. The van der Waals surface area contributed by atoms with E-state index in [0.29, 0.717) is 11.5 Å². The van der Waals surface area contributed by atoms with Crippen LogP contribution in [0.25, 0.3) is 0 Å². The normalized spacial score (nSPS) is 23.7. The largest absolute Gasteiger partial charge is 0.392 e. The summed E-state index contributed by atoms with van der Waals surface area (Å²) < 4.78 is 5.30. The number of thiocarbonyl (C=S) groups is 1. The van der Waals surface area contributed by atoms with E-state index in [1.54, 1.807) is 0 Å². The number of hydrogen-bond acceptors (Lipinski definition) is 5. The zero-order valence-corrected chi connectivity index (χ0v) is 13.5. The van der Waals surface area contributed by atoms with Gasteiger partial charge in [0.2, 0.25) is 5.91 Å². The van der Waals surface area contributed by atoms with Crippen LogP contribution in [0.3, 0.4) is 0 Å². The van der Waals surface area contributed by atoms with Crippen molar-refractivity contribution in [2.75, 3.05) is 45.9 Å². The average Bonchev–Trinajstić information content (AvgIpc) is 2.48. The lowest BCUT2D eigenvalue weighted by Gasteiger charge is -2.37. The quantitative estimate of drug-likeness (QED) is 0.671. The van der Waals surface area contributed by atoms with Gasteiger partial charge in [0.05, 0.1) is 17.6 Å². The van der Waals surface area contributed by atoms with Crippen LogP contribution in [-0.4, -0.2) is 78.7 Å². The summed E-state index contributed by atoms with van der Waals surface area (Å²) in [4.78, 5) is 17.1. The lowest BCUT2D eigenvalue weighted by Crippen LogP contribution is -2.54. The smallest absolute Gasteiger partial charge is 0.234 e. The molecule has 21 heavy (non-hydrogen) atoms. The van der Waals surface area contributed by atoms with Crippen LogP contribution in [0.4, 0.5) is 0 Å². The Kier molecular flexibility index (Phi) is 6.35. The van der Waals surface area contributed by atoms with E-state index >= 15 is 0 Å². The second-order valence-electron chi connectivity index (χ2n) is 5.84. The van der Waals surface area contributed by atoms with Crippen molar-refractivity contribution in [3.8, 4) is 0 Å². The molecule has 0 radical (unpaired) electrons. The first-order valence-corrected chi connectivity index (χ1v) is 8.10. The second kappa shape index (κ2) is 8.03. The molecule has 0 aromatic rings. The Bertz CT molecular complexity index is 366. The first-order chi connectivity index (χ1) is 10.1. The molecule has 0 bridgehead atoms. The number of amides is 1. The Morgan fingerprint density at radius 1 is 1.33 bits per heavy atom. The zero-order valence-electron chi connectivity index (χ0n) is 12.7. The fraction of sp³-hybridized carbons (Fsp3) is 0.857.